The van der Waals surface area contributed by atoms with Crippen molar-refractivity contribution < 1.29 is 14.4 Å². The maximum Gasteiger partial charge on any atom is 0.226 e. The van der Waals surface area contributed by atoms with Crippen molar-refractivity contribution in [1.82, 2.24) is 4.90 Å². The third kappa shape index (κ3) is 7.32. The van der Waals surface area contributed by atoms with E-state index in [0.29, 0.717) is 24.5 Å². The van der Waals surface area contributed by atoms with Crippen LogP contribution in [0.25, 0.3) is 0 Å². The lowest BCUT2D eigenvalue weighted by Crippen LogP contribution is -2.33. The minimum absolute atomic E-state index is 0.0496. The minimum atomic E-state index is -0.180. The van der Waals surface area contributed by atoms with Gasteiger partial charge in [0.25, 0.3) is 0 Å². The van der Waals surface area contributed by atoms with Gasteiger partial charge in [-0.1, -0.05) is 36.4 Å². The van der Waals surface area contributed by atoms with E-state index in [-0.39, 0.29) is 24.1 Å². The number of nitrogens with one attached hydrogen (secondary N) is 2. The molecule has 0 saturated heterocycles. The van der Waals surface area contributed by atoms with Crippen molar-refractivity contribution >= 4 is 29.1 Å². The van der Waals surface area contributed by atoms with Gasteiger partial charge in [-0.05, 0) is 30.2 Å². The van der Waals surface area contributed by atoms with Crippen LogP contribution in [0.3, 0.4) is 0 Å². The van der Waals surface area contributed by atoms with Crippen molar-refractivity contribution in [3.05, 3.63) is 60.2 Å². The summed E-state index contributed by atoms with van der Waals surface area (Å²) >= 11 is 0. The monoisotopic (exact) mass is 367 g/mol. The molecule has 0 aliphatic rings. The largest absolute Gasteiger partial charge is 0.342 e. The lowest BCUT2D eigenvalue weighted by Gasteiger charge is -2.21. The van der Waals surface area contributed by atoms with Gasteiger partial charge in [0.05, 0.1) is 0 Å². The molecule has 0 spiro atoms. The highest BCUT2D eigenvalue weighted by molar-refractivity contribution is 5.93. The third-order valence-electron chi connectivity index (χ3n) is 4.03. The van der Waals surface area contributed by atoms with Crippen LogP contribution in [0, 0.1) is 0 Å². The van der Waals surface area contributed by atoms with Gasteiger partial charge in [-0.15, -0.1) is 0 Å². The van der Waals surface area contributed by atoms with E-state index in [1.54, 1.807) is 29.2 Å². The van der Waals surface area contributed by atoms with Crippen molar-refractivity contribution in [1.29, 1.82) is 0 Å². The SMILES string of the molecule is CC(=O)Nc1cccc(NC(=O)CCN(CCc2ccccc2)C(C)=O)c1. The van der Waals surface area contributed by atoms with Gasteiger partial charge in [0.15, 0.2) is 0 Å². The van der Waals surface area contributed by atoms with Crippen LogP contribution in [0.15, 0.2) is 54.6 Å². The van der Waals surface area contributed by atoms with Gasteiger partial charge in [-0.3, -0.25) is 14.4 Å². The summed E-state index contributed by atoms with van der Waals surface area (Å²) in [7, 11) is 0. The van der Waals surface area contributed by atoms with Crippen LogP contribution < -0.4 is 10.6 Å². The van der Waals surface area contributed by atoms with Crippen molar-refractivity contribution in [3.8, 4) is 0 Å². The van der Waals surface area contributed by atoms with Gasteiger partial charge in [-0.2, -0.15) is 0 Å². The molecule has 0 bridgehead atoms. The van der Waals surface area contributed by atoms with Crippen LogP contribution in [-0.2, 0) is 20.8 Å². The molecule has 6 heteroatoms. The number of hydrogen-bond donors (Lipinski definition) is 2. The third-order valence-corrected chi connectivity index (χ3v) is 4.03. The standard InChI is InChI=1S/C21H25N3O3/c1-16(25)22-19-9-6-10-20(15-19)23-21(27)12-14-24(17(2)26)13-11-18-7-4-3-5-8-18/h3-10,15H,11-14H2,1-2H3,(H,22,25)(H,23,27). The molecular weight excluding hydrogens is 342 g/mol. The van der Waals surface area contributed by atoms with Crippen LogP contribution >= 0.6 is 0 Å². The number of benzene rings is 2. The van der Waals surface area contributed by atoms with Crippen molar-refractivity contribution in [3.63, 3.8) is 0 Å². The van der Waals surface area contributed by atoms with Crippen LogP contribution in [-0.4, -0.2) is 35.7 Å². The summed E-state index contributed by atoms with van der Waals surface area (Å²) in [6.07, 6.45) is 0.958. The van der Waals surface area contributed by atoms with E-state index in [0.717, 1.165) is 12.0 Å². The molecule has 0 saturated carbocycles. The molecule has 0 heterocycles. The molecule has 0 radical (unpaired) electrons. The molecule has 27 heavy (non-hydrogen) atoms. The first-order valence-corrected chi connectivity index (χ1v) is 8.91. The number of hydrogen-bond acceptors (Lipinski definition) is 3. The quantitative estimate of drug-likeness (QED) is 0.753. The number of nitrogens with zero attached hydrogens (tertiary/aromatic N) is 1. The molecular formula is C21H25N3O3. The summed E-state index contributed by atoms with van der Waals surface area (Å²) in [5.74, 6) is -0.402. The van der Waals surface area contributed by atoms with Crippen LogP contribution in [0.4, 0.5) is 11.4 Å². The zero-order chi connectivity index (χ0) is 19.6. The molecule has 0 aliphatic carbocycles. The van der Waals surface area contributed by atoms with Gasteiger partial charge in [0.1, 0.15) is 0 Å². The van der Waals surface area contributed by atoms with Crippen molar-refractivity contribution in [2.24, 2.45) is 0 Å². The molecule has 0 atom stereocenters. The van der Waals surface area contributed by atoms with E-state index in [1.807, 2.05) is 30.3 Å². The highest BCUT2D eigenvalue weighted by atomic mass is 16.2. The fraction of sp³-hybridized carbons (Fsp3) is 0.286. The Hall–Kier alpha value is -3.15. The van der Waals surface area contributed by atoms with Gasteiger partial charge in [-0.25, -0.2) is 0 Å². The van der Waals surface area contributed by atoms with Crippen LogP contribution in [0.2, 0.25) is 0 Å². The molecule has 0 aromatic heterocycles. The molecule has 0 fully saturated rings. The normalized spacial score (nSPS) is 10.1. The Balaban J connectivity index is 1.84. The summed E-state index contributed by atoms with van der Waals surface area (Å²) in [4.78, 5) is 36.8. The van der Waals surface area contributed by atoms with E-state index in [9.17, 15) is 14.4 Å². The van der Waals surface area contributed by atoms with Gasteiger partial charge in [0, 0.05) is 44.7 Å². The topological polar surface area (TPSA) is 78.5 Å². The van der Waals surface area contributed by atoms with E-state index >= 15 is 0 Å². The summed E-state index contributed by atoms with van der Waals surface area (Å²) in [5.41, 5.74) is 2.38. The molecule has 2 N–H and O–H groups in total. The Morgan fingerprint density at radius 1 is 0.852 bits per heavy atom. The van der Waals surface area contributed by atoms with Crippen molar-refractivity contribution in [2.45, 2.75) is 26.7 Å². The molecule has 2 aromatic rings. The number of carbonyl (C=O) groups is 3. The second-order valence-electron chi connectivity index (χ2n) is 6.30. The van der Waals surface area contributed by atoms with Crippen LogP contribution in [0.1, 0.15) is 25.8 Å². The molecule has 142 valence electrons. The van der Waals surface area contributed by atoms with E-state index in [1.165, 1.54) is 13.8 Å². The number of anilines is 2. The lowest BCUT2D eigenvalue weighted by atomic mass is 10.1. The molecule has 0 aliphatic heterocycles. The lowest BCUT2D eigenvalue weighted by molar-refractivity contribution is -0.129. The van der Waals surface area contributed by atoms with E-state index in [4.69, 9.17) is 0 Å². The Kier molecular flexibility index (Phi) is 7.55. The summed E-state index contributed by atoms with van der Waals surface area (Å²) < 4.78 is 0. The predicted molar refractivity (Wildman–Crippen MR) is 106 cm³/mol. The molecule has 2 aromatic carbocycles. The van der Waals surface area contributed by atoms with Crippen molar-refractivity contribution in [2.75, 3.05) is 23.7 Å². The number of rotatable bonds is 8. The highest BCUT2D eigenvalue weighted by Gasteiger charge is 2.12. The second-order valence-corrected chi connectivity index (χ2v) is 6.30. The average Bonchev–Trinajstić information content (AvgIpc) is 2.62. The highest BCUT2D eigenvalue weighted by Crippen LogP contribution is 2.15. The van der Waals surface area contributed by atoms with E-state index in [2.05, 4.69) is 10.6 Å². The smallest absolute Gasteiger partial charge is 0.226 e. The van der Waals surface area contributed by atoms with Gasteiger partial charge in [0.2, 0.25) is 17.7 Å². The van der Waals surface area contributed by atoms with Gasteiger partial charge < -0.3 is 15.5 Å². The zero-order valence-corrected chi connectivity index (χ0v) is 15.7. The number of amides is 3. The van der Waals surface area contributed by atoms with E-state index < -0.39 is 0 Å². The molecule has 6 nitrogen and oxygen atoms in total. The first-order chi connectivity index (χ1) is 12.9. The first-order valence-electron chi connectivity index (χ1n) is 8.91. The Labute approximate surface area is 159 Å². The fourth-order valence-corrected chi connectivity index (χ4v) is 2.67. The predicted octanol–water partition coefficient (Wildman–Crippen LogP) is 3.06. The Morgan fingerprint density at radius 2 is 1.52 bits per heavy atom. The second kappa shape index (κ2) is 10.1. The maximum atomic E-state index is 12.2. The zero-order valence-electron chi connectivity index (χ0n) is 15.7. The minimum Gasteiger partial charge on any atom is -0.342 e. The molecule has 2 rings (SSSR count). The molecule has 0 unspecified atom stereocenters. The number of carbonyl (C=O) groups excluding carboxylic acids is 3. The summed E-state index contributed by atoms with van der Waals surface area (Å²) in [6.45, 7) is 3.88. The van der Waals surface area contributed by atoms with Crippen LogP contribution in [0.5, 0.6) is 0 Å². The van der Waals surface area contributed by atoms with Gasteiger partial charge >= 0.3 is 0 Å². The molecule has 3 amide bonds. The first kappa shape index (κ1) is 20.2. The fourth-order valence-electron chi connectivity index (χ4n) is 2.67. The summed E-state index contributed by atoms with van der Waals surface area (Å²) in [6, 6.07) is 16.9. The average molecular weight is 367 g/mol. The Morgan fingerprint density at radius 3 is 2.15 bits per heavy atom. The Bertz CT molecular complexity index is 790. The summed E-state index contributed by atoms with van der Waals surface area (Å²) in [5, 5.41) is 5.47. The maximum absolute atomic E-state index is 12.2.